The largest absolute Gasteiger partial charge is 0.490 e. The van der Waals surface area contributed by atoms with Gasteiger partial charge in [0, 0.05) is 5.69 Å². The summed E-state index contributed by atoms with van der Waals surface area (Å²) >= 11 is 0. The number of piperidine rings is 1. The molecule has 1 saturated heterocycles. The maximum absolute atomic E-state index is 13.1. The van der Waals surface area contributed by atoms with Crippen molar-refractivity contribution in [2.24, 2.45) is 0 Å². The van der Waals surface area contributed by atoms with Crippen molar-refractivity contribution in [2.75, 3.05) is 24.7 Å². The fourth-order valence-electron chi connectivity index (χ4n) is 3.97. The molecule has 0 saturated carbocycles. The van der Waals surface area contributed by atoms with Crippen molar-refractivity contribution in [3.05, 3.63) is 78.4 Å². The number of anilines is 1. The molecule has 0 bridgehead atoms. The van der Waals surface area contributed by atoms with E-state index >= 15 is 0 Å². The molecule has 0 aromatic heterocycles. The summed E-state index contributed by atoms with van der Waals surface area (Å²) in [5.41, 5.74) is 3.52. The highest BCUT2D eigenvalue weighted by Gasteiger charge is 2.27. The Morgan fingerprint density at radius 2 is 1.67 bits per heavy atom. The van der Waals surface area contributed by atoms with Crippen molar-refractivity contribution in [1.82, 2.24) is 5.32 Å². The highest BCUT2D eigenvalue weighted by atomic mass is 16.5. The fraction of sp³-hybridized carbons (Fsp3) is 0.240. The Balaban J connectivity index is 1.32. The van der Waals surface area contributed by atoms with Gasteiger partial charge in [0.25, 0.3) is 5.91 Å². The standard InChI is InChI=1S/C25H24N2O3/c28-25-23-11-6-19(18-4-2-1-3-5-18)16-24(23)29-17-27(25)20-7-9-21(10-8-20)30-22-12-14-26-15-13-22/h1-11,16,22,26H,12-15,17H2. The number of nitrogens with zero attached hydrogens (tertiary/aromatic N) is 1. The monoisotopic (exact) mass is 400 g/mol. The highest BCUT2D eigenvalue weighted by molar-refractivity contribution is 6.09. The van der Waals surface area contributed by atoms with Crippen LogP contribution in [0, 0.1) is 0 Å². The molecule has 1 fully saturated rings. The first kappa shape index (κ1) is 18.7. The molecule has 5 rings (SSSR count). The van der Waals surface area contributed by atoms with Gasteiger partial charge in [0.05, 0.1) is 5.56 Å². The minimum atomic E-state index is -0.0529. The normalized spacial score (nSPS) is 16.7. The van der Waals surface area contributed by atoms with Crippen LogP contribution in [0.15, 0.2) is 72.8 Å². The quantitative estimate of drug-likeness (QED) is 0.702. The average Bonchev–Trinajstić information content (AvgIpc) is 2.81. The van der Waals surface area contributed by atoms with Crippen LogP contribution in [0.3, 0.4) is 0 Å². The molecule has 30 heavy (non-hydrogen) atoms. The Morgan fingerprint density at radius 3 is 2.43 bits per heavy atom. The Bertz CT molecular complexity index is 1030. The molecule has 1 N–H and O–H groups in total. The lowest BCUT2D eigenvalue weighted by atomic mass is 10.0. The zero-order valence-corrected chi connectivity index (χ0v) is 16.7. The molecule has 3 aromatic rings. The average molecular weight is 400 g/mol. The molecule has 0 atom stereocenters. The molecule has 1 amide bonds. The number of rotatable bonds is 4. The van der Waals surface area contributed by atoms with Gasteiger partial charge in [-0.3, -0.25) is 9.69 Å². The molecule has 0 aliphatic carbocycles. The number of hydrogen-bond donors (Lipinski definition) is 1. The van der Waals surface area contributed by atoms with E-state index in [1.807, 2.05) is 72.8 Å². The van der Waals surface area contributed by atoms with Gasteiger partial charge in [-0.2, -0.15) is 0 Å². The second kappa shape index (κ2) is 8.20. The van der Waals surface area contributed by atoms with Gasteiger partial charge in [-0.25, -0.2) is 0 Å². The number of amides is 1. The van der Waals surface area contributed by atoms with E-state index in [-0.39, 0.29) is 18.7 Å². The van der Waals surface area contributed by atoms with E-state index < -0.39 is 0 Å². The van der Waals surface area contributed by atoms with Crippen LogP contribution in [0.4, 0.5) is 5.69 Å². The molecular weight excluding hydrogens is 376 g/mol. The molecule has 0 radical (unpaired) electrons. The summed E-state index contributed by atoms with van der Waals surface area (Å²) in [4.78, 5) is 14.7. The minimum Gasteiger partial charge on any atom is -0.490 e. The van der Waals surface area contributed by atoms with Gasteiger partial charge in [0.15, 0.2) is 6.73 Å². The lowest BCUT2D eigenvalue weighted by molar-refractivity contribution is 0.0937. The summed E-state index contributed by atoms with van der Waals surface area (Å²) in [5.74, 6) is 1.41. The van der Waals surface area contributed by atoms with Gasteiger partial charge >= 0.3 is 0 Å². The van der Waals surface area contributed by atoms with E-state index in [4.69, 9.17) is 9.47 Å². The molecule has 0 unspecified atom stereocenters. The van der Waals surface area contributed by atoms with Crippen molar-refractivity contribution in [3.8, 4) is 22.6 Å². The van der Waals surface area contributed by atoms with E-state index in [0.717, 1.165) is 48.5 Å². The van der Waals surface area contributed by atoms with Crippen LogP contribution in [0.25, 0.3) is 11.1 Å². The molecular formula is C25H24N2O3. The molecule has 5 nitrogen and oxygen atoms in total. The van der Waals surface area contributed by atoms with Crippen molar-refractivity contribution >= 4 is 11.6 Å². The smallest absolute Gasteiger partial charge is 0.264 e. The van der Waals surface area contributed by atoms with Crippen LogP contribution in [-0.4, -0.2) is 31.8 Å². The zero-order chi connectivity index (χ0) is 20.3. The molecule has 2 aliphatic heterocycles. The predicted molar refractivity (Wildman–Crippen MR) is 117 cm³/mol. The van der Waals surface area contributed by atoms with Gasteiger partial charge in [-0.1, -0.05) is 36.4 Å². The Kier molecular flexibility index (Phi) is 5.11. The topological polar surface area (TPSA) is 50.8 Å². The first-order valence-corrected chi connectivity index (χ1v) is 10.4. The third-order valence-corrected chi connectivity index (χ3v) is 5.65. The third kappa shape index (κ3) is 3.76. The van der Waals surface area contributed by atoms with E-state index in [1.165, 1.54) is 0 Å². The van der Waals surface area contributed by atoms with Gasteiger partial charge in [0.2, 0.25) is 0 Å². The highest BCUT2D eigenvalue weighted by Crippen LogP contribution is 2.33. The third-order valence-electron chi connectivity index (χ3n) is 5.65. The number of hydrogen-bond acceptors (Lipinski definition) is 4. The summed E-state index contributed by atoms with van der Waals surface area (Å²) in [6.45, 7) is 2.18. The fourth-order valence-corrected chi connectivity index (χ4v) is 3.97. The SMILES string of the molecule is O=C1c2ccc(-c3ccccc3)cc2OCN1c1ccc(OC2CCNCC2)cc1. The van der Waals surface area contributed by atoms with Crippen molar-refractivity contribution in [1.29, 1.82) is 0 Å². The summed E-state index contributed by atoms with van der Waals surface area (Å²) in [7, 11) is 0. The Morgan fingerprint density at radius 1 is 0.900 bits per heavy atom. The maximum Gasteiger partial charge on any atom is 0.264 e. The minimum absolute atomic E-state index is 0.0529. The van der Waals surface area contributed by atoms with Crippen LogP contribution >= 0.6 is 0 Å². The predicted octanol–water partition coefficient (Wildman–Crippen LogP) is 4.48. The first-order valence-electron chi connectivity index (χ1n) is 10.4. The van der Waals surface area contributed by atoms with E-state index in [0.29, 0.717) is 11.3 Å². The van der Waals surface area contributed by atoms with Crippen molar-refractivity contribution < 1.29 is 14.3 Å². The summed E-state index contributed by atoms with van der Waals surface area (Å²) in [5, 5.41) is 3.34. The lowest BCUT2D eigenvalue weighted by Gasteiger charge is -2.29. The number of fused-ring (bicyclic) bond motifs is 1. The van der Waals surface area contributed by atoms with Gasteiger partial charge in [-0.05, 0) is 73.5 Å². The van der Waals surface area contributed by atoms with E-state index in [1.54, 1.807) is 4.90 Å². The van der Waals surface area contributed by atoms with Crippen molar-refractivity contribution in [3.63, 3.8) is 0 Å². The Hall–Kier alpha value is -3.31. The second-order valence-electron chi connectivity index (χ2n) is 7.64. The van der Waals surface area contributed by atoms with Crippen molar-refractivity contribution in [2.45, 2.75) is 18.9 Å². The van der Waals surface area contributed by atoms with Gasteiger partial charge in [0.1, 0.15) is 17.6 Å². The van der Waals surface area contributed by atoms with Crippen LogP contribution in [-0.2, 0) is 0 Å². The van der Waals surface area contributed by atoms with Crippen LogP contribution in [0.1, 0.15) is 23.2 Å². The van der Waals surface area contributed by atoms with Crippen LogP contribution in [0.2, 0.25) is 0 Å². The summed E-state index contributed by atoms with van der Waals surface area (Å²) in [6, 6.07) is 23.5. The molecule has 0 spiro atoms. The number of nitrogens with one attached hydrogen (secondary N) is 1. The summed E-state index contributed by atoms with van der Waals surface area (Å²) in [6.07, 6.45) is 2.28. The van der Waals surface area contributed by atoms with Gasteiger partial charge < -0.3 is 14.8 Å². The van der Waals surface area contributed by atoms with E-state index in [2.05, 4.69) is 5.32 Å². The number of carbonyl (C=O) groups excluding carboxylic acids is 1. The maximum atomic E-state index is 13.1. The molecule has 3 aromatic carbocycles. The second-order valence-corrected chi connectivity index (χ2v) is 7.64. The number of ether oxygens (including phenoxy) is 2. The van der Waals surface area contributed by atoms with E-state index in [9.17, 15) is 4.79 Å². The number of carbonyl (C=O) groups is 1. The first-order chi connectivity index (χ1) is 14.8. The van der Waals surface area contributed by atoms with Gasteiger partial charge in [-0.15, -0.1) is 0 Å². The molecule has 2 heterocycles. The lowest BCUT2D eigenvalue weighted by Crippen LogP contribution is -2.38. The molecule has 5 heteroatoms. The number of benzene rings is 3. The van der Waals surface area contributed by atoms with Crippen LogP contribution < -0.4 is 19.7 Å². The Labute approximate surface area is 176 Å². The molecule has 152 valence electrons. The molecule has 2 aliphatic rings. The summed E-state index contributed by atoms with van der Waals surface area (Å²) < 4.78 is 12.0. The van der Waals surface area contributed by atoms with Crippen LogP contribution in [0.5, 0.6) is 11.5 Å². The zero-order valence-electron chi connectivity index (χ0n) is 16.7.